The molecule has 32 heavy (non-hydrogen) atoms. The molecular formula is C23H22IN3O4S. The van der Waals surface area contributed by atoms with Gasteiger partial charge in [-0.2, -0.15) is 5.10 Å². The van der Waals surface area contributed by atoms with E-state index in [0.29, 0.717) is 22.9 Å². The van der Waals surface area contributed by atoms with Crippen molar-refractivity contribution in [2.24, 2.45) is 5.10 Å². The molecule has 0 saturated carbocycles. The maximum atomic E-state index is 12.4. The van der Waals surface area contributed by atoms with E-state index in [2.05, 4.69) is 33.1 Å². The number of amides is 1. The van der Waals surface area contributed by atoms with E-state index in [0.717, 1.165) is 19.7 Å². The fourth-order valence-corrected chi connectivity index (χ4v) is 3.99. The molecule has 3 aromatic rings. The summed E-state index contributed by atoms with van der Waals surface area (Å²) in [6, 6.07) is 23.4. The second-order valence-electron chi connectivity index (χ2n) is 6.92. The molecular weight excluding hydrogens is 541 g/mol. The first kappa shape index (κ1) is 23.7. The topological polar surface area (TPSA) is 88.1 Å². The second kappa shape index (κ2) is 10.6. The maximum absolute atomic E-state index is 12.4. The maximum Gasteiger partial charge on any atom is 0.260 e. The normalized spacial score (nSPS) is 11.7. The van der Waals surface area contributed by atoms with Crippen LogP contribution in [0.4, 0.5) is 5.69 Å². The van der Waals surface area contributed by atoms with Crippen molar-refractivity contribution < 1.29 is 17.9 Å². The van der Waals surface area contributed by atoms with Crippen LogP contribution in [0.15, 0.2) is 84.0 Å². The molecule has 0 atom stereocenters. The molecule has 0 spiro atoms. The molecule has 3 aromatic carbocycles. The summed E-state index contributed by atoms with van der Waals surface area (Å²) < 4.78 is 32.5. The highest BCUT2D eigenvalue weighted by molar-refractivity contribution is 14.1. The van der Waals surface area contributed by atoms with Crippen LogP contribution < -0.4 is 14.5 Å². The molecule has 0 aliphatic carbocycles. The van der Waals surface area contributed by atoms with Crippen molar-refractivity contribution in [3.8, 4) is 11.5 Å². The van der Waals surface area contributed by atoms with Crippen molar-refractivity contribution in [3.63, 3.8) is 0 Å². The van der Waals surface area contributed by atoms with Gasteiger partial charge in [-0.1, -0.05) is 30.3 Å². The molecule has 0 heterocycles. The van der Waals surface area contributed by atoms with Crippen molar-refractivity contribution in [2.45, 2.75) is 6.92 Å². The lowest BCUT2D eigenvalue weighted by atomic mass is 10.1. The number of anilines is 1. The Morgan fingerprint density at radius 1 is 0.969 bits per heavy atom. The van der Waals surface area contributed by atoms with Gasteiger partial charge in [-0.15, -0.1) is 0 Å². The molecule has 1 N–H and O–H groups in total. The van der Waals surface area contributed by atoms with E-state index in [1.807, 2.05) is 54.6 Å². The number of hydrazone groups is 1. The number of rotatable bonds is 8. The quantitative estimate of drug-likeness (QED) is 0.250. The first-order valence-electron chi connectivity index (χ1n) is 9.62. The SMILES string of the molecule is C/C(=N\NC(=O)CN(c1ccc(Oc2ccccc2)cc1)S(C)(=O)=O)c1ccc(I)cc1. The van der Waals surface area contributed by atoms with Crippen LogP contribution in [0.25, 0.3) is 0 Å². The lowest BCUT2D eigenvalue weighted by Crippen LogP contribution is -2.39. The van der Waals surface area contributed by atoms with Crippen LogP contribution in [-0.4, -0.2) is 32.8 Å². The van der Waals surface area contributed by atoms with E-state index in [-0.39, 0.29) is 0 Å². The third-order valence-corrected chi connectivity index (χ3v) is 6.26. The molecule has 0 bridgehead atoms. The van der Waals surface area contributed by atoms with Gasteiger partial charge in [-0.05, 0) is 83.6 Å². The van der Waals surface area contributed by atoms with E-state index >= 15 is 0 Å². The monoisotopic (exact) mass is 563 g/mol. The molecule has 0 aliphatic heterocycles. The number of nitrogens with zero attached hydrogens (tertiary/aromatic N) is 2. The minimum absolute atomic E-state index is 0.349. The Balaban J connectivity index is 1.69. The first-order valence-corrected chi connectivity index (χ1v) is 12.5. The van der Waals surface area contributed by atoms with Crippen LogP contribution in [0.1, 0.15) is 12.5 Å². The number of carbonyl (C=O) groups excluding carboxylic acids is 1. The zero-order valence-corrected chi connectivity index (χ0v) is 20.5. The highest BCUT2D eigenvalue weighted by atomic mass is 127. The van der Waals surface area contributed by atoms with Crippen LogP contribution >= 0.6 is 22.6 Å². The van der Waals surface area contributed by atoms with Gasteiger partial charge >= 0.3 is 0 Å². The Morgan fingerprint density at radius 2 is 1.56 bits per heavy atom. The summed E-state index contributed by atoms with van der Waals surface area (Å²) in [7, 11) is -3.70. The molecule has 9 heteroatoms. The lowest BCUT2D eigenvalue weighted by molar-refractivity contribution is -0.119. The molecule has 0 fully saturated rings. The largest absolute Gasteiger partial charge is 0.457 e. The number of para-hydroxylation sites is 1. The highest BCUT2D eigenvalue weighted by Gasteiger charge is 2.21. The number of hydrogen-bond acceptors (Lipinski definition) is 5. The average Bonchev–Trinajstić information content (AvgIpc) is 2.77. The van der Waals surface area contributed by atoms with Crippen LogP contribution in [-0.2, 0) is 14.8 Å². The van der Waals surface area contributed by atoms with Crippen LogP contribution in [0.2, 0.25) is 0 Å². The number of ether oxygens (including phenoxy) is 1. The molecule has 0 aliphatic rings. The summed E-state index contributed by atoms with van der Waals surface area (Å²) in [4.78, 5) is 12.4. The third kappa shape index (κ3) is 6.79. The van der Waals surface area contributed by atoms with Crippen LogP contribution in [0.3, 0.4) is 0 Å². The molecule has 0 unspecified atom stereocenters. The molecule has 166 valence electrons. The summed E-state index contributed by atoms with van der Waals surface area (Å²) in [5.74, 6) is 0.668. The number of carbonyl (C=O) groups is 1. The lowest BCUT2D eigenvalue weighted by Gasteiger charge is -2.21. The van der Waals surface area contributed by atoms with Gasteiger partial charge in [0.05, 0.1) is 17.7 Å². The molecule has 7 nitrogen and oxygen atoms in total. The molecule has 0 radical (unpaired) electrons. The number of hydrogen-bond donors (Lipinski definition) is 1. The zero-order chi connectivity index (χ0) is 23.1. The molecule has 0 aromatic heterocycles. The molecule has 3 rings (SSSR count). The predicted octanol–water partition coefficient (Wildman–Crippen LogP) is 4.39. The Labute approximate surface area is 201 Å². The van der Waals surface area contributed by atoms with Gasteiger partial charge < -0.3 is 4.74 Å². The Kier molecular flexibility index (Phi) is 7.86. The predicted molar refractivity (Wildman–Crippen MR) is 135 cm³/mol. The Morgan fingerprint density at radius 3 is 2.16 bits per heavy atom. The Hall–Kier alpha value is -2.92. The van der Waals surface area contributed by atoms with Gasteiger partial charge in [0, 0.05) is 3.57 Å². The van der Waals surface area contributed by atoms with Crippen LogP contribution in [0.5, 0.6) is 11.5 Å². The standard InChI is InChI=1S/C23H22IN3O4S/c1-17(18-8-10-19(24)11-9-18)25-26-23(28)16-27(32(2,29)30)20-12-14-22(15-13-20)31-21-6-4-3-5-7-21/h3-15H,16H2,1-2H3,(H,26,28)/b25-17+. The smallest absolute Gasteiger partial charge is 0.260 e. The van der Waals surface area contributed by atoms with Gasteiger partial charge in [0.25, 0.3) is 5.91 Å². The van der Waals surface area contributed by atoms with Gasteiger partial charge in [0.1, 0.15) is 18.0 Å². The van der Waals surface area contributed by atoms with Gasteiger partial charge in [0.15, 0.2) is 0 Å². The number of sulfonamides is 1. The van der Waals surface area contributed by atoms with E-state index in [4.69, 9.17) is 4.74 Å². The highest BCUT2D eigenvalue weighted by Crippen LogP contribution is 2.25. The third-order valence-electron chi connectivity index (χ3n) is 4.40. The van der Waals surface area contributed by atoms with Crippen molar-refractivity contribution >= 4 is 49.9 Å². The Bertz CT molecular complexity index is 1200. The van der Waals surface area contributed by atoms with Crippen LogP contribution in [0, 0.1) is 3.57 Å². The first-order chi connectivity index (χ1) is 15.2. The van der Waals surface area contributed by atoms with Gasteiger partial charge in [0.2, 0.25) is 10.0 Å². The van der Waals surface area contributed by atoms with E-state index in [1.165, 1.54) is 0 Å². The summed E-state index contributed by atoms with van der Waals surface area (Å²) in [5.41, 5.74) is 4.25. The van der Waals surface area contributed by atoms with Gasteiger partial charge in [-0.25, -0.2) is 13.8 Å². The summed E-state index contributed by atoms with van der Waals surface area (Å²) in [6.07, 6.45) is 1.05. The summed E-state index contributed by atoms with van der Waals surface area (Å²) in [5, 5.41) is 4.09. The summed E-state index contributed by atoms with van der Waals surface area (Å²) >= 11 is 2.21. The van der Waals surface area contributed by atoms with Crippen molar-refractivity contribution in [1.82, 2.24) is 5.43 Å². The van der Waals surface area contributed by atoms with Gasteiger partial charge in [-0.3, -0.25) is 9.10 Å². The fourth-order valence-electron chi connectivity index (χ4n) is 2.77. The minimum Gasteiger partial charge on any atom is -0.457 e. The minimum atomic E-state index is -3.70. The van der Waals surface area contributed by atoms with Crippen molar-refractivity contribution in [2.75, 3.05) is 17.1 Å². The molecule has 1 amide bonds. The number of benzene rings is 3. The average molecular weight is 563 g/mol. The second-order valence-corrected chi connectivity index (χ2v) is 10.1. The zero-order valence-electron chi connectivity index (χ0n) is 17.5. The van der Waals surface area contributed by atoms with E-state index in [9.17, 15) is 13.2 Å². The summed E-state index contributed by atoms with van der Waals surface area (Å²) in [6.45, 7) is 1.36. The van der Waals surface area contributed by atoms with E-state index < -0.39 is 22.5 Å². The van der Waals surface area contributed by atoms with Crippen molar-refractivity contribution in [1.29, 1.82) is 0 Å². The van der Waals surface area contributed by atoms with E-state index in [1.54, 1.807) is 31.2 Å². The number of halogens is 1. The number of nitrogens with one attached hydrogen (secondary N) is 1. The molecule has 0 saturated heterocycles. The van der Waals surface area contributed by atoms with Crippen molar-refractivity contribution in [3.05, 3.63) is 88.0 Å². The fraction of sp³-hybridized carbons (Fsp3) is 0.130.